The van der Waals surface area contributed by atoms with Gasteiger partial charge in [-0.25, -0.2) is 0 Å². The van der Waals surface area contributed by atoms with E-state index in [1.165, 1.54) is 23.2 Å². The summed E-state index contributed by atoms with van der Waals surface area (Å²) >= 11 is 0. The highest BCUT2D eigenvalue weighted by Crippen LogP contribution is 2.54. The van der Waals surface area contributed by atoms with E-state index >= 15 is 0 Å². The Morgan fingerprint density at radius 2 is 1.35 bits per heavy atom. The van der Waals surface area contributed by atoms with Crippen molar-refractivity contribution in [2.75, 3.05) is 11.2 Å². The van der Waals surface area contributed by atoms with Crippen molar-refractivity contribution >= 4 is 21.2 Å². The smallest absolute Gasteiger partial charge is 0.525 e. The first-order valence-electron chi connectivity index (χ1n) is 12.8. The minimum atomic E-state index is -1.01. The first-order chi connectivity index (χ1) is 15.9. The molecular weight excluding hydrogens is 438 g/mol. The molecule has 0 N–H and O–H groups in total. The van der Waals surface area contributed by atoms with Crippen LogP contribution >= 0.6 is 8.30 Å². The van der Waals surface area contributed by atoms with Crippen LogP contribution in [0.3, 0.4) is 0 Å². The van der Waals surface area contributed by atoms with Crippen molar-refractivity contribution in [1.29, 1.82) is 0 Å². The Morgan fingerprint density at radius 1 is 0.824 bits per heavy atom. The lowest BCUT2D eigenvalue weighted by atomic mass is 9.71. The van der Waals surface area contributed by atoms with Gasteiger partial charge in [-0.3, -0.25) is 4.81 Å². The number of rotatable bonds is 4. The molecule has 1 saturated heterocycles. The molecule has 4 nitrogen and oxygen atoms in total. The summed E-state index contributed by atoms with van der Waals surface area (Å²) in [6.07, 6.45) is 3.53. The fraction of sp³-hybridized carbons (Fsp3) is 0.571. The average molecular weight is 480 g/mol. The number of nitrogens with zero attached hydrogens (tertiary/aromatic N) is 2. The van der Waals surface area contributed by atoms with Gasteiger partial charge in [-0.05, 0) is 82.1 Å². The average Bonchev–Trinajstić information content (AvgIpc) is 2.87. The third-order valence-corrected chi connectivity index (χ3v) is 8.96. The first kappa shape index (κ1) is 25.4. The van der Waals surface area contributed by atoms with Gasteiger partial charge < -0.3 is 13.8 Å². The molecule has 6 heteroatoms. The lowest BCUT2D eigenvalue weighted by Gasteiger charge is -2.56. The third kappa shape index (κ3) is 4.59. The summed E-state index contributed by atoms with van der Waals surface area (Å²) in [6.45, 7) is 20.9. The molecule has 4 rings (SSSR count). The predicted molar refractivity (Wildman–Crippen MR) is 147 cm³/mol. The van der Waals surface area contributed by atoms with Crippen molar-refractivity contribution in [3.8, 4) is 11.5 Å². The number of benzene rings is 2. The molecule has 184 valence electrons. The summed E-state index contributed by atoms with van der Waals surface area (Å²) in [5.74, 6) is 2.45. The third-order valence-electron chi connectivity index (χ3n) is 7.50. The van der Waals surface area contributed by atoms with E-state index in [4.69, 9.17) is 9.18 Å². The van der Waals surface area contributed by atoms with Crippen LogP contribution in [-0.2, 0) is 0 Å². The van der Waals surface area contributed by atoms with Crippen LogP contribution in [0.25, 0.3) is 0 Å². The first-order valence-corrected chi connectivity index (χ1v) is 14.5. The summed E-state index contributed by atoms with van der Waals surface area (Å²) in [5, 5.41) is 0. The quantitative estimate of drug-likeness (QED) is 0.325. The molecule has 2 heterocycles. The van der Waals surface area contributed by atoms with E-state index < -0.39 is 8.30 Å². The molecule has 0 amide bonds. The monoisotopic (exact) mass is 480 g/mol. The van der Waals surface area contributed by atoms with Crippen LogP contribution in [0.4, 0.5) is 5.69 Å². The highest BCUT2D eigenvalue weighted by Gasteiger charge is 2.55. The van der Waals surface area contributed by atoms with Gasteiger partial charge in [0.15, 0.2) is 14.0 Å². The van der Waals surface area contributed by atoms with Gasteiger partial charge in [0, 0.05) is 23.4 Å². The number of hydrogen-bond donors (Lipinski definition) is 0. The molecule has 0 bridgehead atoms. The fourth-order valence-electron chi connectivity index (χ4n) is 5.91. The Bertz CT molecular complexity index is 981. The van der Waals surface area contributed by atoms with Crippen molar-refractivity contribution < 1.29 is 9.18 Å². The Balaban J connectivity index is 1.99. The molecule has 0 aliphatic carbocycles. The van der Waals surface area contributed by atoms with Crippen LogP contribution in [0.1, 0.15) is 97.6 Å². The number of fused-ring (bicyclic) bond motifs is 1. The second-order valence-corrected chi connectivity index (χ2v) is 13.3. The van der Waals surface area contributed by atoms with Crippen molar-refractivity contribution in [3.05, 3.63) is 53.6 Å². The maximum absolute atomic E-state index is 7.02. The van der Waals surface area contributed by atoms with Gasteiger partial charge in [-0.15, -0.1) is 0 Å². The summed E-state index contributed by atoms with van der Waals surface area (Å²) < 4.78 is 16.2. The van der Waals surface area contributed by atoms with Gasteiger partial charge in [0.05, 0.1) is 0 Å². The summed E-state index contributed by atoms with van der Waals surface area (Å²) in [6, 6.07) is 15.0. The van der Waals surface area contributed by atoms with Gasteiger partial charge in [0.25, 0.3) is 0 Å². The van der Waals surface area contributed by atoms with Crippen LogP contribution in [0.2, 0.25) is 0 Å². The Kier molecular flexibility index (Phi) is 7.01. The van der Waals surface area contributed by atoms with Gasteiger partial charge >= 0.3 is 7.19 Å². The number of anilines is 1. The fourth-order valence-corrected chi connectivity index (χ4v) is 7.38. The van der Waals surface area contributed by atoms with Crippen LogP contribution in [0, 0.1) is 0 Å². The zero-order valence-corrected chi connectivity index (χ0v) is 23.4. The van der Waals surface area contributed by atoms with Crippen LogP contribution in [0.15, 0.2) is 42.5 Å². The Hall–Kier alpha value is -1.71. The maximum atomic E-state index is 7.02. The minimum Gasteiger partial charge on any atom is -0.525 e. The highest BCUT2D eigenvalue weighted by atomic mass is 31.2. The number of piperidine rings is 1. The predicted octanol–water partition coefficient (Wildman–Crippen LogP) is 8.18. The molecule has 2 aliphatic heterocycles. The molecule has 1 fully saturated rings. The van der Waals surface area contributed by atoms with Gasteiger partial charge in [-0.1, -0.05) is 58.0 Å². The van der Waals surface area contributed by atoms with E-state index in [9.17, 15) is 0 Å². The van der Waals surface area contributed by atoms with Crippen molar-refractivity contribution in [2.24, 2.45) is 0 Å². The lowest BCUT2D eigenvalue weighted by Crippen LogP contribution is -2.70. The molecule has 0 aromatic heterocycles. The standard InChI is InChI=1S/C28H42BN2O2P/c1-20(2)22-14-12-15-23(21(3)4)26(22)30-29(31-27(5,6)18-13-19-28(31,7)8)32-24-16-10-11-17-25(24)33-34(30)9/h10-12,14-17,20-21H,13,18-19H2,1-9H3. The second-order valence-electron chi connectivity index (χ2n) is 11.7. The molecule has 2 aromatic rings. The molecule has 2 aliphatic rings. The SMILES string of the molecule is CC(C)c1cccc(C(C)C)c1N1B(N2C(C)(C)CCCC2(C)C)Oc2ccccc2OP1C. The van der Waals surface area contributed by atoms with E-state index in [1.807, 2.05) is 18.2 Å². The van der Waals surface area contributed by atoms with E-state index in [0.717, 1.165) is 24.3 Å². The summed E-state index contributed by atoms with van der Waals surface area (Å²) in [4.78, 5) is 2.63. The lowest BCUT2D eigenvalue weighted by molar-refractivity contribution is 0.0374. The Labute approximate surface area is 209 Å². The van der Waals surface area contributed by atoms with Crippen LogP contribution in [-0.4, -0.2) is 29.7 Å². The Morgan fingerprint density at radius 3 is 1.88 bits per heavy atom. The van der Waals surface area contributed by atoms with Crippen molar-refractivity contribution in [2.45, 2.75) is 97.6 Å². The van der Waals surface area contributed by atoms with Gasteiger partial charge in [0.1, 0.15) is 5.75 Å². The molecule has 1 unspecified atom stereocenters. The van der Waals surface area contributed by atoms with E-state index in [2.05, 4.69) is 95.7 Å². The molecule has 0 saturated carbocycles. The molecule has 0 radical (unpaired) electrons. The van der Waals surface area contributed by atoms with E-state index in [-0.39, 0.29) is 18.3 Å². The van der Waals surface area contributed by atoms with Crippen molar-refractivity contribution in [1.82, 2.24) is 4.81 Å². The summed E-state index contributed by atoms with van der Waals surface area (Å²) in [7, 11) is -1.27. The molecule has 2 aromatic carbocycles. The molecule has 1 atom stereocenters. The zero-order valence-electron chi connectivity index (χ0n) is 22.6. The van der Waals surface area contributed by atoms with Crippen LogP contribution in [0.5, 0.6) is 11.5 Å². The minimum absolute atomic E-state index is 0.00904. The zero-order chi connectivity index (χ0) is 24.8. The molecular formula is C28H42BN2O2P. The molecule has 34 heavy (non-hydrogen) atoms. The number of hydrogen-bond acceptors (Lipinski definition) is 4. The normalized spacial score (nSPS) is 22.3. The topological polar surface area (TPSA) is 24.9 Å². The van der Waals surface area contributed by atoms with Gasteiger partial charge in [-0.2, -0.15) is 0 Å². The van der Waals surface area contributed by atoms with E-state index in [0.29, 0.717) is 11.8 Å². The summed E-state index contributed by atoms with van der Waals surface area (Å²) in [5.41, 5.74) is 3.99. The highest BCUT2D eigenvalue weighted by molar-refractivity contribution is 7.56. The van der Waals surface area contributed by atoms with Crippen LogP contribution < -0.4 is 13.8 Å². The largest absolute Gasteiger partial charge is 0.590 e. The maximum Gasteiger partial charge on any atom is 0.590 e. The van der Waals surface area contributed by atoms with Crippen molar-refractivity contribution in [3.63, 3.8) is 0 Å². The second kappa shape index (κ2) is 9.39. The molecule has 0 spiro atoms. The van der Waals surface area contributed by atoms with E-state index in [1.54, 1.807) is 0 Å². The van der Waals surface area contributed by atoms with Gasteiger partial charge in [0.2, 0.25) is 0 Å². The number of para-hydroxylation sites is 3.